The second-order valence-electron chi connectivity index (χ2n) is 4.21. The quantitative estimate of drug-likeness (QED) is 0.754. The van der Waals surface area contributed by atoms with Gasteiger partial charge in [-0.25, -0.2) is 4.39 Å². The van der Waals surface area contributed by atoms with Gasteiger partial charge in [0.05, 0.1) is 33.6 Å². The van der Waals surface area contributed by atoms with E-state index in [0.29, 0.717) is 33.4 Å². The first-order chi connectivity index (χ1) is 10.2. The molecule has 0 amide bonds. The standard InChI is InChI=1S/C14H16FNO3S2/c1-17-11-5-4-9(12(18-2)13(11)19-3)7-16-10(6-15)8-21-14(16)20/h4-5,8H,6-7H2,1-3H3. The zero-order valence-corrected chi connectivity index (χ0v) is 13.6. The largest absolute Gasteiger partial charge is 0.493 e. The maximum atomic E-state index is 13.0. The Labute approximate surface area is 131 Å². The number of hydrogen-bond acceptors (Lipinski definition) is 5. The zero-order valence-electron chi connectivity index (χ0n) is 12.0. The fourth-order valence-electron chi connectivity index (χ4n) is 2.09. The van der Waals surface area contributed by atoms with Crippen molar-refractivity contribution in [2.24, 2.45) is 0 Å². The summed E-state index contributed by atoms with van der Waals surface area (Å²) in [5, 5.41) is 1.73. The number of thiazole rings is 1. The molecule has 0 aliphatic rings. The fourth-order valence-corrected chi connectivity index (χ4v) is 3.15. The van der Waals surface area contributed by atoms with E-state index in [4.69, 9.17) is 26.4 Å². The minimum atomic E-state index is -0.553. The van der Waals surface area contributed by atoms with Gasteiger partial charge in [-0.15, -0.1) is 11.3 Å². The average Bonchev–Trinajstić information content (AvgIpc) is 2.86. The van der Waals surface area contributed by atoms with Crippen molar-refractivity contribution in [1.29, 1.82) is 0 Å². The Morgan fingerprint density at radius 1 is 1.14 bits per heavy atom. The van der Waals surface area contributed by atoms with Crippen LogP contribution in [-0.2, 0) is 13.2 Å². The molecule has 21 heavy (non-hydrogen) atoms. The molecular weight excluding hydrogens is 313 g/mol. The lowest BCUT2D eigenvalue weighted by atomic mass is 10.1. The van der Waals surface area contributed by atoms with Crippen molar-refractivity contribution in [3.05, 3.63) is 32.7 Å². The number of rotatable bonds is 6. The molecule has 0 aliphatic carbocycles. The van der Waals surface area contributed by atoms with E-state index >= 15 is 0 Å². The van der Waals surface area contributed by atoms with Gasteiger partial charge < -0.3 is 18.8 Å². The smallest absolute Gasteiger partial charge is 0.203 e. The number of ether oxygens (including phenoxy) is 3. The first-order valence-electron chi connectivity index (χ1n) is 6.17. The van der Waals surface area contributed by atoms with Gasteiger partial charge in [-0.2, -0.15) is 0 Å². The van der Waals surface area contributed by atoms with E-state index in [-0.39, 0.29) is 0 Å². The van der Waals surface area contributed by atoms with Crippen molar-refractivity contribution in [3.8, 4) is 17.2 Å². The number of aromatic nitrogens is 1. The van der Waals surface area contributed by atoms with E-state index < -0.39 is 6.67 Å². The highest BCUT2D eigenvalue weighted by Crippen LogP contribution is 2.40. The number of methoxy groups -OCH3 is 3. The molecule has 1 aromatic carbocycles. The van der Waals surface area contributed by atoms with Crippen LogP contribution in [0.1, 0.15) is 11.3 Å². The first-order valence-corrected chi connectivity index (χ1v) is 7.46. The molecule has 0 radical (unpaired) electrons. The molecule has 1 aromatic heterocycles. The van der Waals surface area contributed by atoms with Gasteiger partial charge in [0.15, 0.2) is 15.5 Å². The molecule has 114 valence electrons. The average molecular weight is 329 g/mol. The molecule has 2 rings (SSSR count). The van der Waals surface area contributed by atoms with Crippen molar-refractivity contribution >= 4 is 23.6 Å². The predicted molar refractivity (Wildman–Crippen MR) is 83.2 cm³/mol. The second kappa shape index (κ2) is 6.91. The van der Waals surface area contributed by atoms with Gasteiger partial charge in [-0.3, -0.25) is 0 Å². The molecule has 7 heteroatoms. The van der Waals surface area contributed by atoms with Gasteiger partial charge in [0.2, 0.25) is 5.75 Å². The maximum Gasteiger partial charge on any atom is 0.203 e. The lowest BCUT2D eigenvalue weighted by molar-refractivity contribution is 0.321. The molecule has 0 fully saturated rings. The van der Waals surface area contributed by atoms with Crippen LogP contribution in [0, 0.1) is 3.95 Å². The fraction of sp³-hybridized carbons (Fsp3) is 0.357. The van der Waals surface area contributed by atoms with Gasteiger partial charge >= 0.3 is 0 Å². The van der Waals surface area contributed by atoms with Crippen LogP contribution in [0.4, 0.5) is 4.39 Å². The molecule has 0 unspecified atom stereocenters. The topological polar surface area (TPSA) is 32.6 Å². The molecule has 0 spiro atoms. The monoisotopic (exact) mass is 329 g/mol. The third kappa shape index (κ3) is 3.03. The summed E-state index contributed by atoms with van der Waals surface area (Å²) in [5.74, 6) is 1.66. The van der Waals surface area contributed by atoms with Gasteiger partial charge in [0.1, 0.15) is 6.67 Å². The molecule has 0 N–H and O–H groups in total. The summed E-state index contributed by atoms with van der Waals surface area (Å²) in [6.45, 7) is -0.131. The van der Waals surface area contributed by atoms with Crippen LogP contribution in [-0.4, -0.2) is 25.9 Å². The highest BCUT2D eigenvalue weighted by molar-refractivity contribution is 7.73. The van der Waals surface area contributed by atoms with Crippen molar-refractivity contribution in [2.75, 3.05) is 21.3 Å². The zero-order chi connectivity index (χ0) is 15.4. The van der Waals surface area contributed by atoms with Crippen molar-refractivity contribution < 1.29 is 18.6 Å². The van der Waals surface area contributed by atoms with Crippen molar-refractivity contribution in [1.82, 2.24) is 4.57 Å². The van der Waals surface area contributed by atoms with Gasteiger partial charge in [-0.05, 0) is 24.4 Å². The van der Waals surface area contributed by atoms with Crippen LogP contribution in [0.3, 0.4) is 0 Å². The molecule has 4 nitrogen and oxygen atoms in total. The third-order valence-electron chi connectivity index (χ3n) is 3.11. The highest BCUT2D eigenvalue weighted by atomic mass is 32.1. The first kappa shape index (κ1) is 15.8. The minimum Gasteiger partial charge on any atom is -0.493 e. The lowest BCUT2D eigenvalue weighted by Gasteiger charge is -2.16. The molecular formula is C14H16FNO3S2. The van der Waals surface area contributed by atoms with Crippen molar-refractivity contribution in [2.45, 2.75) is 13.2 Å². The van der Waals surface area contributed by atoms with Crippen LogP contribution >= 0.6 is 23.6 Å². The number of benzene rings is 1. The van der Waals surface area contributed by atoms with E-state index in [2.05, 4.69) is 0 Å². The number of alkyl halides is 1. The Balaban J connectivity index is 2.49. The lowest BCUT2D eigenvalue weighted by Crippen LogP contribution is -2.06. The number of halogens is 1. The van der Waals surface area contributed by atoms with Crippen LogP contribution < -0.4 is 14.2 Å². The summed E-state index contributed by atoms with van der Waals surface area (Å²) in [6.07, 6.45) is 0. The summed E-state index contributed by atoms with van der Waals surface area (Å²) < 4.78 is 31.4. The summed E-state index contributed by atoms with van der Waals surface area (Å²) in [7, 11) is 4.67. The molecule has 0 bridgehead atoms. The summed E-state index contributed by atoms with van der Waals surface area (Å²) in [6, 6.07) is 3.66. The Morgan fingerprint density at radius 2 is 1.86 bits per heavy atom. The van der Waals surface area contributed by atoms with E-state index in [9.17, 15) is 4.39 Å². The molecule has 0 saturated carbocycles. The Bertz CT molecular complexity index is 681. The summed E-state index contributed by atoms with van der Waals surface area (Å²) in [4.78, 5) is 0. The minimum absolute atomic E-state index is 0.422. The van der Waals surface area contributed by atoms with E-state index in [0.717, 1.165) is 5.56 Å². The summed E-state index contributed by atoms with van der Waals surface area (Å²) in [5.41, 5.74) is 1.40. The van der Waals surface area contributed by atoms with Crippen LogP contribution in [0.25, 0.3) is 0 Å². The molecule has 0 saturated heterocycles. The summed E-state index contributed by atoms with van der Waals surface area (Å²) >= 11 is 6.59. The van der Waals surface area contributed by atoms with E-state index in [1.165, 1.54) is 11.3 Å². The SMILES string of the molecule is COc1ccc(Cn2c(CF)csc2=S)c(OC)c1OC. The molecule has 0 aliphatic heterocycles. The van der Waals surface area contributed by atoms with E-state index in [1.54, 1.807) is 37.3 Å². The maximum absolute atomic E-state index is 13.0. The van der Waals surface area contributed by atoms with Crippen LogP contribution in [0.15, 0.2) is 17.5 Å². The third-order valence-corrected chi connectivity index (χ3v) is 4.43. The van der Waals surface area contributed by atoms with Gasteiger partial charge in [0.25, 0.3) is 0 Å². The normalized spacial score (nSPS) is 10.5. The van der Waals surface area contributed by atoms with Crippen molar-refractivity contribution in [3.63, 3.8) is 0 Å². The highest BCUT2D eigenvalue weighted by Gasteiger charge is 2.17. The second-order valence-corrected chi connectivity index (χ2v) is 5.71. The Hall–Kier alpha value is -1.60. The van der Waals surface area contributed by atoms with Gasteiger partial charge in [0, 0.05) is 10.9 Å². The molecule has 0 atom stereocenters. The van der Waals surface area contributed by atoms with E-state index in [1.807, 2.05) is 6.07 Å². The van der Waals surface area contributed by atoms with Gasteiger partial charge in [-0.1, -0.05) is 0 Å². The number of hydrogen-bond donors (Lipinski definition) is 0. The Morgan fingerprint density at radius 3 is 2.43 bits per heavy atom. The Kier molecular flexibility index (Phi) is 5.19. The molecule has 2 aromatic rings. The van der Waals surface area contributed by atoms with Crippen LogP contribution in [0.2, 0.25) is 0 Å². The molecule has 1 heterocycles. The van der Waals surface area contributed by atoms with Crippen LogP contribution in [0.5, 0.6) is 17.2 Å². The number of nitrogens with zero attached hydrogens (tertiary/aromatic N) is 1. The predicted octanol–water partition coefficient (Wildman–Crippen LogP) is 3.82.